The molecular weight excluding hydrogens is 318 g/mol. The Balaban J connectivity index is 1.70. The Morgan fingerprint density at radius 1 is 1.08 bits per heavy atom. The van der Waals surface area contributed by atoms with Crippen molar-refractivity contribution >= 4 is 11.8 Å². The SMILES string of the molecule is COc1ccc(CNC(=O)CNC(=O)C(C)N2CCCCCC2)cc1. The molecule has 1 aromatic carbocycles. The van der Waals surface area contributed by atoms with Gasteiger partial charge in [-0.1, -0.05) is 25.0 Å². The van der Waals surface area contributed by atoms with Crippen LogP contribution in [0.4, 0.5) is 0 Å². The fourth-order valence-electron chi connectivity index (χ4n) is 2.97. The molecule has 1 aliphatic heterocycles. The number of carbonyl (C=O) groups is 2. The number of nitrogens with zero attached hydrogens (tertiary/aromatic N) is 1. The van der Waals surface area contributed by atoms with E-state index in [2.05, 4.69) is 15.5 Å². The number of methoxy groups -OCH3 is 1. The summed E-state index contributed by atoms with van der Waals surface area (Å²) < 4.78 is 5.10. The smallest absolute Gasteiger partial charge is 0.239 e. The first-order chi connectivity index (χ1) is 12.1. The summed E-state index contributed by atoms with van der Waals surface area (Å²) >= 11 is 0. The van der Waals surface area contributed by atoms with E-state index in [1.807, 2.05) is 31.2 Å². The van der Waals surface area contributed by atoms with Gasteiger partial charge in [0.2, 0.25) is 11.8 Å². The minimum absolute atomic E-state index is 0.00711. The maximum atomic E-state index is 12.3. The molecule has 0 aromatic heterocycles. The van der Waals surface area contributed by atoms with Crippen LogP contribution in [-0.2, 0) is 16.1 Å². The van der Waals surface area contributed by atoms with Gasteiger partial charge in [-0.15, -0.1) is 0 Å². The molecule has 2 amide bonds. The van der Waals surface area contributed by atoms with E-state index in [0.717, 1.165) is 37.2 Å². The second-order valence-corrected chi connectivity index (χ2v) is 6.47. The summed E-state index contributed by atoms with van der Waals surface area (Å²) in [5.41, 5.74) is 0.985. The first-order valence-electron chi connectivity index (χ1n) is 9.01. The standard InChI is InChI=1S/C19H29N3O3/c1-15(22-11-5-3-4-6-12-22)19(24)21-14-18(23)20-13-16-7-9-17(25-2)10-8-16/h7-10,15H,3-6,11-14H2,1-2H3,(H,20,23)(H,21,24). The third kappa shape index (κ3) is 6.38. The van der Waals surface area contributed by atoms with E-state index in [0.29, 0.717) is 6.54 Å². The van der Waals surface area contributed by atoms with Crippen molar-refractivity contribution in [2.45, 2.75) is 45.2 Å². The fourth-order valence-corrected chi connectivity index (χ4v) is 2.97. The quantitative estimate of drug-likeness (QED) is 0.787. The minimum Gasteiger partial charge on any atom is -0.497 e. The van der Waals surface area contributed by atoms with Gasteiger partial charge in [0.15, 0.2) is 0 Å². The summed E-state index contributed by atoms with van der Waals surface area (Å²) in [5.74, 6) is 0.513. The number of benzene rings is 1. The first-order valence-corrected chi connectivity index (χ1v) is 9.01. The Morgan fingerprint density at radius 2 is 1.72 bits per heavy atom. The van der Waals surface area contributed by atoms with Crippen molar-refractivity contribution in [3.8, 4) is 5.75 Å². The van der Waals surface area contributed by atoms with Crippen LogP contribution in [0, 0.1) is 0 Å². The van der Waals surface area contributed by atoms with Gasteiger partial charge in [0.05, 0.1) is 19.7 Å². The number of carbonyl (C=O) groups excluding carboxylic acids is 2. The molecule has 1 fully saturated rings. The fraction of sp³-hybridized carbons (Fsp3) is 0.579. The summed E-state index contributed by atoms with van der Waals surface area (Å²) in [4.78, 5) is 26.4. The molecule has 6 nitrogen and oxygen atoms in total. The van der Waals surface area contributed by atoms with Crippen molar-refractivity contribution in [2.75, 3.05) is 26.7 Å². The van der Waals surface area contributed by atoms with Crippen LogP contribution in [0.3, 0.4) is 0 Å². The van der Waals surface area contributed by atoms with Crippen LogP contribution in [-0.4, -0.2) is 49.5 Å². The van der Waals surface area contributed by atoms with E-state index < -0.39 is 0 Å². The van der Waals surface area contributed by atoms with E-state index in [1.165, 1.54) is 12.8 Å². The Kier molecular flexibility index (Phi) is 7.73. The second-order valence-electron chi connectivity index (χ2n) is 6.47. The van der Waals surface area contributed by atoms with Crippen molar-refractivity contribution in [2.24, 2.45) is 0 Å². The zero-order valence-electron chi connectivity index (χ0n) is 15.2. The molecule has 2 rings (SSSR count). The van der Waals surface area contributed by atoms with E-state index in [4.69, 9.17) is 4.74 Å². The molecule has 1 aliphatic rings. The lowest BCUT2D eigenvalue weighted by Gasteiger charge is -2.26. The van der Waals surface area contributed by atoms with Gasteiger partial charge in [0, 0.05) is 6.54 Å². The van der Waals surface area contributed by atoms with Crippen LogP contribution < -0.4 is 15.4 Å². The molecule has 1 aromatic rings. The number of rotatable bonds is 7. The Morgan fingerprint density at radius 3 is 2.32 bits per heavy atom. The van der Waals surface area contributed by atoms with Gasteiger partial charge >= 0.3 is 0 Å². The number of hydrogen-bond acceptors (Lipinski definition) is 4. The van der Waals surface area contributed by atoms with Crippen molar-refractivity contribution < 1.29 is 14.3 Å². The summed E-state index contributed by atoms with van der Waals surface area (Å²) in [6, 6.07) is 7.32. The Labute approximate surface area is 149 Å². The van der Waals surface area contributed by atoms with Crippen LogP contribution in [0.5, 0.6) is 5.75 Å². The molecule has 1 atom stereocenters. The third-order valence-electron chi connectivity index (χ3n) is 4.64. The average molecular weight is 347 g/mol. The van der Waals surface area contributed by atoms with Gasteiger partial charge < -0.3 is 15.4 Å². The van der Waals surface area contributed by atoms with Gasteiger partial charge in [-0.05, 0) is 50.6 Å². The molecule has 6 heteroatoms. The number of hydrogen-bond donors (Lipinski definition) is 2. The predicted molar refractivity (Wildman–Crippen MR) is 97.4 cm³/mol. The zero-order valence-corrected chi connectivity index (χ0v) is 15.2. The van der Waals surface area contributed by atoms with Gasteiger partial charge in [-0.3, -0.25) is 14.5 Å². The monoisotopic (exact) mass is 347 g/mol. The molecular formula is C19H29N3O3. The summed E-state index contributed by atoms with van der Waals surface area (Å²) in [7, 11) is 1.62. The lowest BCUT2D eigenvalue weighted by molar-refractivity contribution is -0.129. The normalized spacial score (nSPS) is 16.6. The Bertz CT molecular complexity index is 552. The summed E-state index contributed by atoms with van der Waals surface area (Å²) in [6.07, 6.45) is 4.75. The highest BCUT2D eigenvalue weighted by Crippen LogP contribution is 2.12. The number of ether oxygens (including phenoxy) is 1. The van der Waals surface area contributed by atoms with Crippen molar-refractivity contribution in [3.05, 3.63) is 29.8 Å². The largest absolute Gasteiger partial charge is 0.497 e. The maximum absolute atomic E-state index is 12.3. The maximum Gasteiger partial charge on any atom is 0.239 e. The Hall–Kier alpha value is -2.08. The molecule has 0 bridgehead atoms. The van der Waals surface area contributed by atoms with Gasteiger partial charge in [0.1, 0.15) is 5.75 Å². The van der Waals surface area contributed by atoms with Gasteiger partial charge in [0.25, 0.3) is 0 Å². The van der Waals surface area contributed by atoms with Crippen LogP contribution in [0.2, 0.25) is 0 Å². The highest BCUT2D eigenvalue weighted by Gasteiger charge is 2.22. The molecule has 1 unspecified atom stereocenters. The number of likely N-dealkylation sites (tertiary alicyclic amines) is 1. The molecule has 25 heavy (non-hydrogen) atoms. The average Bonchev–Trinajstić information content (AvgIpc) is 2.93. The molecule has 0 saturated carbocycles. The minimum atomic E-state index is -0.188. The predicted octanol–water partition coefficient (Wildman–Crippen LogP) is 1.69. The number of nitrogens with one attached hydrogen (secondary N) is 2. The van der Waals surface area contributed by atoms with E-state index >= 15 is 0 Å². The van der Waals surface area contributed by atoms with Gasteiger partial charge in [-0.2, -0.15) is 0 Å². The van der Waals surface area contributed by atoms with E-state index in [9.17, 15) is 9.59 Å². The van der Waals surface area contributed by atoms with Crippen LogP contribution in [0.15, 0.2) is 24.3 Å². The lowest BCUT2D eigenvalue weighted by Crippen LogP contribution is -2.47. The van der Waals surface area contributed by atoms with E-state index in [-0.39, 0.29) is 24.4 Å². The zero-order chi connectivity index (χ0) is 18.1. The molecule has 0 radical (unpaired) electrons. The molecule has 2 N–H and O–H groups in total. The highest BCUT2D eigenvalue weighted by molar-refractivity contribution is 5.87. The molecule has 1 saturated heterocycles. The second kappa shape index (κ2) is 10.0. The number of amides is 2. The lowest BCUT2D eigenvalue weighted by atomic mass is 10.2. The van der Waals surface area contributed by atoms with Crippen LogP contribution in [0.25, 0.3) is 0 Å². The van der Waals surface area contributed by atoms with Crippen molar-refractivity contribution in [1.82, 2.24) is 15.5 Å². The molecule has 0 aliphatic carbocycles. The highest BCUT2D eigenvalue weighted by atomic mass is 16.5. The molecule has 0 spiro atoms. The molecule has 138 valence electrons. The summed E-state index contributed by atoms with van der Waals surface area (Å²) in [6.45, 7) is 4.26. The molecule has 1 heterocycles. The summed E-state index contributed by atoms with van der Waals surface area (Å²) in [5, 5.41) is 5.55. The topological polar surface area (TPSA) is 70.7 Å². The van der Waals surface area contributed by atoms with Crippen molar-refractivity contribution in [3.63, 3.8) is 0 Å². The van der Waals surface area contributed by atoms with E-state index in [1.54, 1.807) is 7.11 Å². The van der Waals surface area contributed by atoms with Crippen LogP contribution in [0.1, 0.15) is 38.2 Å². The van der Waals surface area contributed by atoms with Crippen molar-refractivity contribution in [1.29, 1.82) is 0 Å². The first kappa shape index (κ1) is 19.2. The van der Waals surface area contributed by atoms with Crippen LogP contribution >= 0.6 is 0 Å². The third-order valence-corrected chi connectivity index (χ3v) is 4.64. The van der Waals surface area contributed by atoms with Gasteiger partial charge in [-0.25, -0.2) is 0 Å².